The number of hydrogen-bond acceptors (Lipinski definition) is 17. The highest BCUT2D eigenvalue weighted by molar-refractivity contribution is 7.87. The fourth-order valence-electron chi connectivity index (χ4n) is 6.48. The first-order valence-electron chi connectivity index (χ1n) is 19.9. The number of nitrogens with two attached hydrogens (primary N) is 2. The zero-order chi connectivity index (χ0) is 43.6. The Bertz CT molecular complexity index is 1820. The van der Waals surface area contributed by atoms with E-state index in [9.17, 15) is 22.8 Å². The summed E-state index contributed by atoms with van der Waals surface area (Å²) in [7, 11) is -4.63. The number of anilines is 1. The second-order valence-corrected chi connectivity index (χ2v) is 18.5. The number of nitrogen functional groups attached to an aromatic ring is 1. The SMILES string of the molecule is CC(C)(C)OC(=O)CC[C@H](NC(=O)OC(C)(C)C)C(=O)NS(=O)(=O)N(CCCCCCOCCOCCN)C[C@H]1OC(n2cnc3c(N)ncnc32)[C@@H]2OC(C)(C)O[C@H]12. The number of hydrogen-bond donors (Lipinski definition) is 4. The monoisotopic (exact) mass is 857 g/mol. The van der Waals surface area contributed by atoms with E-state index < -0.39 is 75.7 Å². The van der Waals surface area contributed by atoms with Gasteiger partial charge in [0.1, 0.15) is 47.4 Å². The van der Waals surface area contributed by atoms with Gasteiger partial charge in [-0.15, -0.1) is 0 Å². The molecular weight excluding hydrogens is 795 g/mol. The van der Waals surface area contributed by atoms with Crippen LogP contribution < -0.4 is 21.5 Å². The molecule has 0 radical (unpaired) electrons. The minimum atomic E-state index is -4.63. The summed E-state index contributed by atoms with van der Waals surface area (Å²) in [4.78, 5) is 51.9. The third-order valence-electron chi connectivity index (χ3n) is 8.88. The summed E-state index contributed by atoms with van der Waals surface area (Å²) in [5, 5.41) is 2.42. The van der Waals surface area contributed by atoms with Crippen LogP contribution in [0.1, 0.15) is 100 Å². The smallest absolute Gasteiger partial charge is 0.408 e. The fraction of sp³-hybridized carbons (Fsp3) is 0.784. The number of unbranched alkanes of at least 4 members (excludes halogenated alkanes) is 3. The lowest BCUT2D eigenvalue weighted by atomic mass is 10.1. The van der Waals surface area contributed by atoms with Crippen LogP contribution in [0.5, 0.6) is 0 Å². The van der Waals surface area contributed by atoms with Gasteiger partial charge in [-0.1, -0.05) is 12.8 Å². The van der Waals surface area contributed by atoms with E-state index in [1.807, 2.05) is 0 Å². The van der Waals surface area contributed by atoms with Crippen molar-refractivity contribution in [1.82, 2.24) is 33.9 Å². The van der Waals surface area contributed by atoms with Crippen LogP contribution >= 0.6 is 0 Å². The third-order valence-corrected chi connectivity index (χ3v) is 10.4. The predicted molar refractivity (Wildman–Crippen MR) is 214 cm³/mol. The van der Waals surface area contributed by atoms with Crippen molar-refractivity contribution in [1.29, 1.82) is 0 Å². The van der Waals surface area contributed by atoms with Crippen LogP contribution in [-0.4, -0.2) is 138 Å². The summed E-state index contributed by atoms with van der Waals surface area (Å²) in [6, 6.07) is -1.48. The average Bonchev–Trinajstić information content (AvgIpc) is 3.78. The number of amides is 2. The van der Waals surface area contributed by atoms with Crippen molar-refractivity contribution in [3.05, 3.63) is 12.7 Å². The summed E-state index contributed by atoms with van der Waals surface area (Å²) in [6.45, 7) is 15.5. The van der Waals surface area contributed by atoms with Crippen molar-refractivity contribution in [2.75, 3.05) is 51.8 Å². The molecule has 2 aromatic heterocycles. The summed E-state index contributed by atoms with van der Waals surface area (Å²) >= 11 is 0. The molecule has 2 aliphatic heterocycles. The largest absolute Gasteiger partial charge is 0.460 e. The molecule has 4 rings (SSSR count). The number of ether oxygens (including phenoxy) is 7. The molecule has 22 heteroatoms. The van der Waals surface area contributed by atoms with Crippen LogP contribution in [0, 0.1) is 0 Å². The molecule has 4 heterocycles. The molecule has 1 unspecified atom stereocenters. The van der Waals surface area contributed by atoms with Crippen LogP contribution in [0.25, 0.3) is 11.2 Å². The highest BCUT2D eigenvalue weighted by atomic mass is 32.2. The maximum atomic E-state index is 14.3. The second kappa shape index (κ2) is 20.7. The van der Waals surface area contributed by atoms with Crippen molar-refractivity contribution in [3.63, 3.8) is 0 Å². The number of nitrogens with zero attached hydrogens (tertiary/aromatic N) is 5. The van der Waals surface area contributed by atoms with Crippen molar-refractivity contribution in [2.24, 2.45) is 5.73 Å². The molecule has 2 fully saturated rings. The Morgan fingerprint density at radius 3 is 2.27 bits per heavy atom. The fourth-order valence-corrected chi connectivity index (χ4v) is 7.72. The van der Waals surface area contributed by atoms with Crippen molar-refractivity contribution < 1.29 is 56.0 Å². The van der Waals surface area contributed by atoms with Gasteiger partial charge in [0.25, 0.3) is 5.91 Å². The molecular formula is C37H63N9O12S. The van der Waals surface area contributed by atoms with Gasteiger partial charge in [-0.05, 0) is 74.7 Å². The van der Waals surface area contributed by atoms with Crippen LogP contribution in [0.4, 0.5) is 10.6 Å². The molecule has 21 nitrogen and oxygen atoms in total. The lowest BCUT2D eigenvalue weighted by Crippen LogP contribution is -2.54. The third kappa shape index (κ3) is 14.7. The Hall–Kier alpha value is -3.77. The van der Waals surface area contributed by atoms with Gasteiger partial charge in [0.2, 0.25) is 0 Å². The van der Waals surface area contributed by atoms with E-state index in [1.165, 1.54) is 12.7 Å². The van der Waals surface area contributed by atoms with Crippen molar-refractivity contribution in [2.45, 2.75) is 141 Å². The first-order valence-corrected chi connectivity index (χ1v) is 21.4. The van der Waals surface area contributed by atoms with E-state index in [0.717, 1.165) is 17.1 Å². The number of alkyl carbamates (subject to hydrolysis) is 1. The maximum Gasteiger partial charge on any atom is 0.408 e. The summed E-state index contributed by atoms with van der Waals surface area (Å²) in [5.41, 5.74) is 10.5. The van der Waals surface area contributed by atoms with E-state index in [-0.39, 0.29) is 31.7 Å². The van der Waals surface area contributed by atoms with Crippen LogP contribution in [-0.2, 0) is 53.0 Å². The van der Waals surface area contributed by atoms with E-state index in [2.05, 4.69) is 25.0 Å². The lowest BCUT2D eigenvalue weighted by molar-refractivity contribution is -0.196. The lowest BCUT2D eigenvalue weighted by Gasteiger charge is -2.29. The van der Waals surface area contributed by atoms with E-state index >= 15 is 0 Å². The van der Waals surface area contributed by atoms with Gasteiger partial charge in [-0.25, -0.2) is 24.5 Å². The van der Waals surface area contributed by atoms with E-state index in [1.54, 1.807) is 60.0 Å². The summed E-state index contributed by atoms with van der Waals surface area (Å²) in [5.74, 6) is -2.60. The highest BCUT2D eigenvalue weighted by Crippen LogP contribution is 2.44. The van der Waals surface area contributed by atoms with E-state index in [0.29, 0.717) is 57.0 Å². The van der Waals surface area contributed by atoms with Gasteiger partial charge in [-0.2, -0.15) is 12.7 Å². The molecule has 334 valence electrons. The van der Waals surface area contributed by atoms with Crippen molar-refractivity contribution in [3.8, 4) is 0 Å². The van der Waals surface area contributed by atoms with Gasteiger partial charge in [0.05, 0.1) is 26.1 Å². The Morgan fingerprint density at radius 1 is 0.932 bits per heavy atom. The zero-order valence-electron chi connectivity index (χ0n) is 35.4. The molecule has 2 aromatic rings. The number of aromatic nitrogens is 4. The molecule has 2 amide bonds. The molecule has 0 aliphatic carbocycles. The predicted octanol–water partition coefficient (Wildman–Crippen LogP) is 2.06. The molecule has 2 saturated heterocycles. The zero-order valence-corrected chi connectivity index (χ0v) is 36.2. The van der Waals surface area contributed by atoms with Gasteiger partial charge in [-0.3, -0.25) is 14.2 Å². The number of rotatable bonds is 22. The molecule has 59 heavy (non-hydrogen) atoms. The van der Waals surface area contributed by atoms with Crippen molar-refractivity contribution >= 4 is 45.2 Å². The molecule has 0 aromatic carbocycles. The Morgan fingerprint density at radius 2 is 1.59 bits per heavy atom. The number of carbonyl (C=O) groups is 3. The van der Waals surface area contributed by atoms with Crippen LogP contribution in [0.2, 0.25) is 0 Å². The van der Waals surface area contributed by atoms with E-state index in [4.69, 9.17) is 44.6 Å². The first-order chi connectivity index (χ1) is 27.6. The minimum Gasteiger partial charge on any atom is -0.460 e. The molecule has 0 spiro atoms. The number of carbonyl (C=O) groups excluding carboxylic acids is 3. The number of esters is 1. The van der Waals surface area contributed by atoms with Crippen LogP contribution in [0.3, 0.4) is 0 Å². The summed E-state index contributed by atoms with van der Waals surface area (Å²) in [6.07, 6.45) is 0.586. The summed E-state index contributed by atoms with van der Waals surface area (Å²) < 4.78 is 74.1. The quantitative estimate of drug-likeness (QED) is 0.0974. The molecule has 5 atom stereocenters. The normalized spacial score (nSPS) is 21.1. The Kier molecular flexibility index (Phi) is 16.8. The number of nitrogens with one attached hydrogen (secondary N) is 2. The van der Waals surface area contributed by atoms with Gasteiger partial charge < -0.3 is 49.9 Å². The Balaban J connectivity index is 1.54. The van der Waals surface area contributed by atoms with Gasteiger partial charge in [0.15, 0.2) is 23.5 Å². The first kappa shape index (κ1) is 47.9. The maximum absolute atomic E-state index is 14.3. The molecule has 6 N–H and O–H groups in total. The highest BCUT2D eigenvalue weighted by Gasteiger charge is 2.57. The standard InChI is InChI=1S/C37H63N9O12S/c1-35(2,3)55-26(47)14-13-24(43-34(49)58-36(4,5)6)32(48)44-59(50,51)45(16-11-9-10-12-17-52-19-20-53-18-15-38)21-25-28-29(57-37(7,8)56-28)33(54-25)46-23-42-27-30(39)40-22-41-31(27)46/h22-25,28-29,33H,9-21,38H2,1-8H3,(H,43,49)(H,44,48)(H2,39,40,41)/t24-,25+,28+,29+,33?/m0/s1. The average molecular weight is 858 g/mol. The molecule has 0 saturated carbocycles. The number of imidazole rings is 1. The molecule has 2 aliphatic rings. The van der Waals surface area contributed by atoms with Crippen LogP contribution in [0.15, 0.2) is 12.7 Å². The minimum absolute atomic E-state index is 0.0115. The molecule has 0 bridgehead atoms. The van der Waals surface area contributed by atoms with Gasteiger partial charge >= 0.3 is 22.3 Å². The topological polar surface area (TPSA) is 273 Å². The number of fused-ring (bicyclic) bond motifs is 2. The Labute approximate surface area is 346 Å². The van der Waals surface area contributed by atoms with Gasteiger partial charge in [0, 0.05) is 32.7 Å². The second-order valence-electron chi connectivity index (χ2n) is 16.8.